The number of fused-ring (bicyclic) bond motifs is 1. The molecule has 9 heteroatoms. The SMILES string of the molecule is CCOC(=O)C1=C(CN2CCc3cc(OC)c(OC)cc3C2)NC(=O)N[C@@H]1c1ccc(Cl)cc1. The molecule has 0 spiro atoms. The third-order valence-corrected chi connectivity index (χ3v) is 6.28. The molecule has 34 heavy (non-hydrogen) atoms. The quantitative estimate of drug-likeness (QED) is 0.583. The van der Waals surface area contributed by atoms with E-state index in [1.54, 1.807) is 45.4 Å². The summed E-state index contributed by atoms with van der Waals surface area (Å²) >= 11 is 6.04. The lowest BCUT2D eigenvalue weighted by Crippen LogP contribution is -2.49. The molecule has 2 amide bonds. The largest absolute Gasteiger partial charge is 0.493 e. The number of carbonyl (C=O) groups excluding carboxylic acids is 2. The highest BCUT2D eigenvalue weighted by Crippen LogP contribution is 2.34. The third kappa shape index (κ3) is 4.98. The van der Waals surface area contributed by atoms with Crippen LogP contribution in [0.3, 0.4) is 0 Å². The van der Waals surface area contributed by atoms with Gasteiger partial charge >= 0.3 is 12.0 Å². The van der Waals surface area contributed by atoms with Crippen LogP contribution in [0.25, 0.3) is 0 Å². The second-order valence-corrected chi connectivity index (χ2v) is 8.57. The summed E-state index contributed by atoms with van der Waals surface area (Å²) in [5.41, 5.74) is 3.99. The van der Waals surface area contributed by atoms with Gasteiger partial charge in [-0.2, -0.15) is 0 Å². The minimum absolute atomic E-state index is 0.232. The van der Waals surface area contributed by atoms with Crippen LogP contribution in [0.5, 0.6) is 11.5 Å². The summed E-state index contributed by atoms with van der Waals surface area (Å²) < 4.78 is 16.2. The van der Waals surface area contributed by atoms with Crippen LogP contribution < -0.4 is 20.1 Å². The molecule has 4 rings (SSSR count). The molecule has 2 aromatic rings. The first-order valence-corrected chi connectivity index (χ1v) is 11.5. The monoisotopic (exact) mass is 485 g/mol. The molecule has 0 aromatic heterocycles. The number of urea groups is 1. The molecule has 2 aromatic carbocycles. The zero-order chi connectivity index (χ0) is 24.2. The second-order valence-electron chi connectivity index (χ2n) is 8.13. The Labute approximate surface area is 203 Å². The molecule has 0 aliphatic carbocycles. The summed E-state index contributed by atoms with van der Waals surface area (Å²) in [6.07, 6.45) is 0.810. The van der Waals surface area contributed by atoms with Crippen LogP contribution in [-0.2, 0) is 22.5 Å². The van der Waals surface area contributed by atoms with Crippen LogP contribution >= 0.6 is 11.6 Å². The van der Waals surface area contributed by atoms with Crippen molar-refractivity contribution in [3.63, 3.8) is 0 Å². The number of nitrogens with zero attached hydrogens (tertiary/aromatic N) is 1. The smallest absolute Gasteiger partial charge is 0.338 e. The zero-order valence-corrected chi connectivity index (χ0v) is 20.2. The molecule has 0 saturated carbocycles. The Kier molecular flexibility index (Phi) is 7.29. The molecule has 0 bridgehead atoms. The molecule has 0 saturated heterocycles. The summed E-state index contributed by atoms with van der Waals surface area (Å²) in [5, 5.41) is 6.27. The fourth-order valence-electron chi connectivity index (χ4n) is 4.40. The Balaban J connectivity index is 1.66. The first-order valence-electron chi connectivity index (χ1n) is 11.1. The highest BCUT2D eigenvalue weighted by Gasteiger charge is 2.34. The number of esters is 1. The van der Waals surface area contributed by atoms with Gasteiger partial charge in [-0.25, -0.2) is 9.59 Å². The summed E-state index contributed by atoms with van der Waals surface area (Å²) in [6.45, 7) is 3.78. The maximum absolute atomic E-state index is 13.0. The van der Waals surface area contributed by atoms with Crippen molar-refractivity contribution >= 4 is 23.6 Å². The normalized spacial score (nSPS) is 18.0. The van der Waals surface area contributed by atoms with E-state index in [-0.39, 0.29) is 12.6 Å². The number of halogens is 1. The Morgan fingerprint density at radius 2 is 1.79 bits per heavy atom. The van der Waals surface area contributed by atoms with Gasteiger partial charge in [0.2, 0.25) is 0 Å². The molecule has 0 radical (unpaired) electrons. The van der Waals surface area contributed by atoms with Crippen molar-refractivity contribution in [2.45, 2.75) is 25.9 Å². The number of amides is 2. The van der Waals surface area contributed by atoms with Crippen molar-refractivity contribution in [3.05, 3.63) is 69.4 Å². The zero-order valence-electron chi connectivity index (χ0n) is 19.4. The van der Waals surface area contributed by atoms with E-state index >= 15 is 0 Å². The minimum Gasteiger partial charge on any atom is -0.493 e. The van der Waals surface area contributed by atoms with Crippen molar-refractivity contribution in [1.29, 1.82) is 0 Å². The van der Waals surface area contributed by atoms with Crippen molar-refractivity contribution in [2.75, 3.05) is 33.9 Å². The molecule has 0 unspecified atom stereocenters. The van der Waals surface area contributed by atoms with Crippen LogP contribution in [0, 0.1) is 0 Å². The van der Waals surface area contributed by atoms with Crippen molar-refractivity contribution < 1.29 is 23.8 Å². The van der Waals surface area contributed by atoms with E-state index in [0.29, 0.717) is 40.9 Å². The van der Waals surface area contributed by atoms with Crippen molar-refractivity contribution in [2.24, 2.45) is 0 Å². The number of methoxy groups -OCH3 is 2. The standard InChI is InChI=1S/C25H28ClN3O5/c1-4-34-24(30)22-19(27-25(31)28-23(22)15-5-7-18(26)8-6-15)14-29-10-9-16-11-20(32-2)21(33-3)12-17(16)13-29/h5-8,11-12,23H,4,9-10,13-14H2,1-3H3,(H2,27,28,31)/t23-/m1/s1. The van der Waals surface area contributed by atoms with Crippen LogP contribution in [0.2, 0.25) is 5.02 Å². The molecule has 2 aliphatic heterocycles. The van der Waals surface area contributed by atoms with E-state index in [2.05, 4.69) is 15.5 Å². The summed E-state index contributed by atoms with van der Waals surface area (Å²) in [4.78, 5) is 27.8. The fraction of sp³-hybridized carbons (Fsp3) is 0.360. The van der Waals surface area contributed by atoms with Crippen LogP contribution in [-0.4, -0.2) is 50.8 Å². The molecule has 2 heterocycles. The number of rotatable bonds is 7. The van der Waals surface area contributed by atoms with Gasteiger partial charge in [-0.3, -0.25) is 4.90 Å². The van der Waals surface area contributed by atoms with Gasteiger partial charge in [0.05, 0.1) is 32.4 Å². The van der Waals surface area contributed by atoms with E-state index in [0.717, 1.165) is 24.1 Å². The topological polar surface area (TPSA) is 89.1 Å². The fourth-order valence-corrected chi connectivity index (χ4v) is 4.52. The Morgan fingerprint density at radius 1 is 1.12 bits per heavy atom. The highest BCUT2D eigenvalue weighted by molar-refractivity contribution is 6.30. The lowest BCUT2D eigenvalue weighted by Gasteiger charge is -2.34. The molecule has 180 valence electrons. The van der Waals surface area contributed by atoms with Crippen LogP contribution in [0.15, 0.2) is 47.7 Å². The van der Waals surface area contributed by atoms with E-state index < -0.39 is 12.0 Å². The molecule has 2 N–H and O–H groups in total. The summed E-state index contributed by atoms with van der Waals surface area (Å²) in [7, 11) is 3.24. The summed E-state index contributed by atoms with van der Waals surface area (Å²) in [5.74, 6) is 0.916. The van der Waals surface area contributed by atoms with E-state index in [9.17, 15) is 9.59 Å². The molecule has 0 fully saturated rings. The molecular weight excluding hydrogens is 458 g/mol. The van der Waals surface area contributed by atoms with E-state index in [1.807, 2.05) is 12.1 Å². The molecule has 2 aliphatic rings. The van der Waals surface area contributed by atoms with Gasteiger partial charge in [-0.15, -0.1) is 0 Å². The predicted octanol–water partition coefficient (Wildman–Crippen LogP) is 3.59. The van der Waals surface area contributed by atoms with Gasteiger partial charge in [0, 0.05) is 30.4 Å². The second kappa shape index (κ2) is 10.4. The minimum atomic E-state index is -0.638. The van der Waals surface area contributed by atoms with Gasteiger partial charge in [-0.05, 0) is 54.3 Å². The Hall–Kier alpha value is -3.23. The summed E-state index contributed by atoms with van der Waals surface area (Å²) in [6, 6.07) is 10.1. The van der Waals surface area contributed by atoms with Gasteiger partial charge in [0.25, 0.3) is 0 Å². The van der Waals surface area contributed by atoms with Gasteiger partial charge < -0.3 is 24.8 Å². The maximum atomic E-state index is 13.0. The van der Waals surface area contributed by atoms with E-state index in [1.165, 1.54) is 5.56 Å². The Bertz CT molecular complexity index is 1120. The predicted molar refractivity (Wildman–Crippen MR) is 128 cm³/mol. The average molecular weight is 486 g/mol. The van der Waals surface area contributed by atoms with Crippen molar-refractivity contribution in [3.8, 4) is 11.5 Å². The maximum Gasteiger partial charge on any atom is 0.338 e. The van der Waals surface area contributed by atoms with Crippen LogP contribution in [0.1, 0.15) is 29.7 Å². The van der Waals surface area contributed by atoms with Gasteiger partial charge in [0.15, 0.2) is 11.5 Å². The number of hydrogen-bond acceptors (Lipinski definition) is 6. The number of nitrogens with one attached hydrogen (secondary N) is 2. The van der Waals surface area contributed by atoms with Crippen LogP contribution in [0.4, 0.5) is 4.79 Å². The highest BCUT2D eigenvalue weighted by atomic mass is 35.5. The number of benzene rings is 2. The lowest BCUT2D eigenvalue weighted by molar-refractivity contribution is -0.139. The number of ether oxygens (including phenoxy) is 3. The first kappa shape index (κ1) is 23.9. The number of hydrogen-bond donors (Lipinski definition) is 2. The molecule has 8 nitrogen and oxygen atoms in total. The lowest BCUT2D eigenvalue weighted by atomic mass is 9.94. The first-order chi connectivity index (χ1) is 16.4. The molecule has 1 atom stereocenters. The van der Waals surface area contributed by atoms with Gasteiger partial charge in [-0.1, -0.05) is 23.7 Å². The Morgan fingerprint density at radius 3 is 2.44 bits per heavy atom. The molecular formula is C25H28ClN3O5. The van der Waals surface area contributed by atoms with E-state index in [4.69, 9.17) is 25.8 Å². The third-order valence-electron chi connectivity index (χ3n) is 6.03. The van der Waals surface area contributed by atoms with Crippen molar-refractivity contribution in [1.82, 2.24) is 15.5 Å². The average Bonchev–Trinajstić information content (AvgIpc) is 2.83. The van der Waals surface area contributed by atoms with Gasteiger partial charge in [0.1, 0.15) is 0 Å². The number of carbonyl (C=O) groups is 2.